The Morgan fingerprint density at radius 3 is 2.45 bits per heavy atom. The fourth-order valence-corrected chi connectivity index (χ4v) is 2.04. The molecule has 3 nitrogen and oxygen atoms in total. The van der Waals surface area contributed by atoms with Gasteiger partial charge in [-0.25, -0.2) is 0 Å². The summed E-state index contributed by atoms with van der Waals surface area (Å²) in [7, 11) is 0. The molecule has 2 aromatic carbocycles. The lowest BCUT2D eigenvalue weighted by Crippen LogP contribution is -2.27. The zero-order valence-electron chi connectivity index (χ0n) is 11.8. The average molecular weight is 269 g/mol. The summed E-state index contributed by atoms with van der Waals surface area (Å²) in [4.78, 5) is 12.3. The van der Waals surface area contributed by atoms with E-state index in [1.54, 1.807) is 6.07 Å². The molecule has 0 radical (unpaired) electrons. The molecule has 2 aromatic rings. The van der Waals surface area contributed by atoms with Gasteiger partial charge < -0.3 is 10.1 Å². The van der Waals surface area contributed by atoms with Crippen LogP contribution in [0.25, 0.3) is 0 Å². The fourth-order valence-electron chi connectivity index (χ4n) is 2.04. The van der Waals surface area contributed by atoms with Crippen molar-refractivity contribution < 1.29 is 9.53 Å². The van der Waals surface area contributed by atoms with Crippen LogP contribution in [0.4, 0.5) is 0 Å². The van der Waals surface area contributed by atoms with Crippen molar-refractivity contribution in [3.8, 4) is 5.75 Å². The first kappa shape index (κ1) is 14.1. The summed E-state index contributed by atoms with van der Waals surface area (Å²) in [5.74, 6) is 0.498. The van der Waals surface area contributed by atoms with E-state index in [2.05, 4.69) is 5.32 Å². The topological polar surface area (TPSA) is 38.3 Å². The van der Waals surface area contributed by atoms with E-state index in [4.69, 9.17) is 4.74 Å². The molecule has 0 unspecified atom stereocenters. The van der Waals surface area contributed by atoms with Gasteiger partial charge in [-0.2, -0.15) is 0 Å². The predicted molar refractivity (Wildman–Crippen MR) is 79.9 cm³/mol. The number of para-hydroxylation sites is 1. The van der Waals surface area contributed by atoms with Gasteiger partial charge in [0.05, 0.1) is 18.2 Å². The van der Waals surface area contributed by atoms with Gasteiger partial charge in [-0.3, -0.25) is 4.79 Å². The highest BCUT2D eigenvalue weighted by molar-refractivity contribution is 5.97. The Morgan fingerprint density at radius 2 is 1.75 bits per heavy atom. The van der Waals surface area contributed by atoms with Gasteiger partial charge in [0.1, 0.15) is 5.75 Å². The van der Waals surface area contributed by atoms with Crippen LogP contribution in [0, 0.1) is 0 Å². The third-order valence-electron chi connectivity index (χ3n) is 3.08. The van der Waals surface area contributed by atoms with Gasteiger partial charge in [-0.05, 0) is 31.5 Å². The molecule has 1 atom stereocenters. The molecular formula is C17H19NO2. The molecule has 0 saturated heterocycles. The smallest absolute Gasteiger partial charge is 0.255 e. The second-order valence-corrected chi connectivity index (χ2v) is 4.54. The third-order valence-corrected chi connectivity index (χ3v) is 3.08. The highest BCUT2D eigenvalue weighted by atomic mass is 16.5. The summed E-state index contributed by atoms with van der Waals surface area (Å²) in [6, 6.07) is 17.1. The molecule has 0 bridgehead atoms. The van der Waals surface area contributed by atoms with Gasteiger partial charge in [0.15, 0.2) is 0 Å². The number of carbonyl (C=O) groups excluding carboxylic acids is 1. The molecule has 0 spiro atoms. The summed E-state index contributed by atoms with van der Waals surface area (Å²) in [5.41, 5.74) is 1.65. The minimum atomic E-state index is -0.120. The lowest BCUT2D eigenvalue weighted by molar-refractivity contribution is 0.0936. The molecule has 0 saturated carbocycles. The van der Waals surface area contributed by atoms with E-state index in [0.29, 0.717) is 17.9 Å². The molecule has 1 N–H and O–H groups in total. The molecule has 0 aliphatic carbocycles. The van der Waals surface area contributed by atoms with Gasteiger partial charge in [-0.15, -0.1) is 0 Å². The third kappa shape index (κ3) is 3.38. The SMILES string of the molecule is CCOc1ccccc1C(=O)N[C@@H](C)c1ccccc1. The highest BCUT2D eigenvalue weighted by Crippen LogP contribution is 2.19. The zero-order valence-corrected chi connectivity index (χ0v) is 11.8. The summed E-state index contributed by atoms with van der Waals surface area (Å²) in [6.45, 7) is 4.41. The van der Waals surface area contributed by atoms with Crippen LogP contribution in [0.2, 0.25) is 0 Å². The number of rotatable bonds is 5. The van der Waals surface area contributed by atoms with E-state index < -0.39 is 0 Å². The van der Waals surface area contributed by atoms with Crippen molar-refractivity contribution in [1.29, 1.82) is 0 Å². The second-order valence-electron chi connectivity index (χ2n) is 4.54. The average Bonchev–Trinajstić information content (AvgIpc) is 2.49. The van der Waals surface area contributed by atoms with Crippen molar-refractivity contribution in [2.45, 2.75) is 19.9 Å². The Hall–Kier alpha value is -2.29. The summed E-state index contributed by atoms with van der Waals surface area (Å²) >= 11 is 0. The van der Waals surface area contributed by atoms with E-state index in [1.165, 1.54) is 0 Å². The first-order valence-corrected chi connectivity index (χ1v) is 6.80. The van der Waals surface area contributed by atoms with Crippen molar-refractivity contribution in [2.24, 2.45) is 0 Å². The number of carbonyl (C=O) groups is 1. The van der Waals surface area contributed by atoms with E-state index in [0.717, 1.165) is 5.56 Å². The van der Waals surface area contributed by atoms with Crippen LogP contribution >= 0.6 is 0 Å². The van der Waals surface area contributed by atoms with Crippen molar-refractivity contribution >= 4 is 5.91 Å². The molecule has 0 fully saturated rings. The molecule has 104 valence electrons. The zero-order chi connectivity index (χ0) is 14.4. The standard InChI is InChI=1S/C17H19NO2/c1-3-20-16-12-8-7-11-15(16)17(19)18-13(2)14-9-5-4-6-10-14/h4-13H,3H2,1-2H3,(H,18,19)/t13-/m0/s1. The van der Waals surface area contributed by atoms with Crippen LogP contribution in [0.1, 0.15) is 35.8 Å². The van der Waals surface area contributed by atoms with Crippen LogP contribution in [-0.2, 0) is 0 Å². The van der Waals surface area contributed by atoms with E-state index >= 15 is 0 Å². The maximum absolute atomic E-state index is 12.3. The van der Waals surface area contributed by atoms with Crippen molar-refractivity contribution in [1.82, 2.24) is 5.32 Å². The minimum absolute atomic E-state index is 0.0432. The quantitative estimate of drug-likeness (QED) is 0.901. The molecule has 20 heavy (non-hydrogen) atoms. The van der Waals surface area contributed by atoms with Gasteiger partial charge in [0.25, 0.3) is 5.91 Å². The number of hydrogen-bond donors (Lipinski definition) is 1. The van der Waals surface area contributed by atoms with Crippen molar-refractivity contribution in [3.05, 3.63) is 65.7 Å². The van der Waals surface area contributed by atoms with Gasteiger partial charge in [0.2, 0.25) is 0 Å². The number of hydrogen-bond acceptors (Lipinski definition) is 2. The monoisotopic (exact) mass is 269 g/mol. The first-order chi connectivity index (χ1) is 9.72. The Labute approximate surface area is 119 Å². The maximum Gasteiger partial charge on any atom is 0.255 e. The number of benzene rings is 2. The molecule has 2 rings (SSSR count). The largest absolute Gasteiger partial charge is 0.493 e. The number of ether oxygens (including phenoxy) is 1. The minimum Gasteiger partial charge on any atom is -0.493 e. The molecule has 1 amide bonds. The normalized spacial score (nSPS) is 11.7. The van der Waals surface area contributed by atoms with Crippen molar-refractivity contribution in [3.63, 3.8) is 0 Å². The van der Waals surface area contributed by atoms with E-state index in [-0.39, 0.29) is 11.9 Å². The summed E-state index contributed by atoms with van der Waals surface area (Å²) < 4.78 is 5.48. The van der Waals surface area contributed by atoms with Crippen molar-refractivity contribution in [2.75, 3.05) is 6.61 Å². The van der Waals surface area contributed by atoms with Crippen LogP contribution in [0.3, 0.4) is 0 Å². The Balaban J connectivity index is 2.12. The molecule has 0 aromatic heterocycles. The van der Waals surface area contributed by atoms with Crippen LogP contribution in [0.5, 0.6) is 5.75 Å². The fraction of sp³-hybridized carbons (Fsp3) is 0.235. The molecule has 0 aliphatic rings. The van der Waals surface area contributed by atoms with Gasteiger partial charge in [-0.1, -0.05) is 42.5 Å². The first-order valence-electron chi connectivity index (χ1n) is 6.80. The summed E-state index contributed by atoms with van der Waals surface area (Å²) in [5, 5.41) is 2.99. The van der Waals surface area contributed by atoms with Gasteiger partial charge >= 0.3 is 0 Å². The van der Waals surface area contributed by atoms with E-state index in [9.17, 15) is 4.79 Å². The van der Waals surface area contributed by atoms with Crippen LogP contribution in [-0.4, -0.2) is 12.5 Å². The predicted octanol–water partition coefficient (Wildman–Crippen LogP) is 3.58. The maximum atomic E-state index is 12.3. The second kappa shape index (κ2) is 6.75. The summed E-state index contributed by atoms with van der Waals surface area (Å²) in [6.07, 6.45) is 0. The molecular weight excluding hydrogens is 250 g/mol. The highest BCUT2D eigenvalue weighted by Gasteiger charge is 2.14. The Bertz CT molecular complexity index is 566. The van der Waals surface area contributed by atoms with Crippen LogP contribution in [0.15, 0.2) is 54.6 Å². The van der Waals surface area contributed by atoms with Crippen LogP contribution < -0.4 is 10.1 Å². The molecule has 3 heteroatoms. The molecule has 0 aliphatic heterocycles. The number of nitrogens with one attached hydrogen (secondary N) is 1. The molecule has 0 heterocycles. The number of amides is 1. The van der Waals surface area contributed by atoms with E-state index in [1.807, 2.05) is 62.4 Å². The Morgan fingerprint density at radius 1 is 1.10 bits per heavy atom. The lowest BCUT2D eigenvalue weighted by atomic mass is 10.1. The van der Waals surface area contributed by atoms with Gasteiger partial charge in [0, 0.05) is 0 Å². The lowest BCUT2D eigenvalue weighted by Gasteiger charge is -2.16. The Kier molecular flexibility index (Phi) is 4.77.